The smallest absolute Gasteiger partial charge is 0.317 e. The first-order valence-corrected chi connectivity index (χ1v) is 13.1. The second kappa shape index (κ2) is 10.9. The molecule has 192 valence electrons. The van der Waals surface area contributed by atoms with E-state index in [0.29, 0.717) is 11.1 Å². The molecule has 1 aliphatic rings. The van der Waals surface area contributed by atoms with Gasteiger partial charge in [0.25, 0.3) is 0 Å². The highest BCUT2D eigenvalue weighted by Crippen LogP contribution is 2.37. The van der Waals surface area contributed by atoms with Crippen LogP contribution in [0.4, 0.5) is 9.18 Å². The van der Waals surface area contributed by atoms with Gasteiger partial charge in [0.15, 0.2) is 0 Å². The Morgan fingerprint density at radius 3 is 2.57 bits per heavy atom. The number of amides is 2. The van der Waals surface area contributed by atoms with Crippen LogP contribution in [-0.2, 0) is 10.0 Å². The summed E-state index contributed by atoms with van der Waals surface area (Å²) < 4.78 is 49.2. The molecule has 1 aliphatic heterocycles. The van der Waals surface area contributed by atoms with Gasteiger partial charge in [-0.25, -0.2) is 17.6 Å². The molecule has 0 saturated heterocycles. The highest BCUT2D eigenvalue weighted by molar-refractivity contribution is 7.89. The number of hydrogen-bond donors (Lipinski definition) is 2. The van der Waals surface area contributed by atoms with Crippen LogP contribution < -0.4 is 10.1 Å². The van der Waals surface area contributed by atoms with E-state index in [1.165, 1.54) is 27.4 Å². The number of sulfonamides is 1. The molecule has 3 atom stereocenters. The Morgan fingerprint density at radius 2 is 1.94 bits per heavy atom. The van der Waals surface area contributed by atoms with Crippen LogP contribution in [-0.4, -0.2) is 73.7 Å². The fourth-order valence-electron chi connectivity index (χ4n) is 4.02. The summed E-state index contributed by atoms with van der Waals surface area (Å²) in [7, 11) is -2.37. The van der Waals surface area contributed by atoms with E-state index in [0.717, 1.165) is 0 Å². The lowest BCUT2D eigenvalue weighted by atomic mass is 10.0. The standard InChI is InChI=1S/C25H34FN3O5S/c1-16(2)27-25(31)28(5)14-23-17(3)13-29(18(4)15-30)35(32,33)24-11-10-19(12-22(24)34-23)20-8-6-7-9-21(20)26/h6-12,16-18,23,30H,13-15H2,1-5H3,(H,27,31)/t17-,18-,23-/m1/s1. The summed E-state index contributed by atoms with van der Waals surface area (Å²) in [5, 5.41) is 12.6. The predicted octanol–water partition coefficient (Wildman–Crippen LogP) is 3.31. The number of carbonyl (C=O) groups excluding carboxylic acids is 1. The average molecular weight is 508 g/mol. The molecular formula is C25H34FN3O5S. The van der Waals surface area contributed by atoms with E-state index in [4.69, 9.17) is 4.74 Å². The van der Waals surface area contributed by atoms with Crippen molar-refractivity contribution in [1.29, 1.82) is 0 Å². The summed E-state index contributed by atoms with van der Waals surface area (Å²) in [6.07, 6.45) is -0.559. The van der Waals surface area contributed by atoms with Gasteiger partial charge >= 0.3 is 6.03 Å². The van der Waals surface area contributed by atoms with Crippen molar-refractivity contribution in [3.05, 3.63) is 48.3 Å². The van der Waals surface area contributed by atoms with Crippen molar-refractivity contribution in [2.45, 2.75) is 50.8 Å². The number of likely N-dealkylation sites (N-methyl/N-ethyl adjacent to an activating group) is 1. The summed E-state index contributed by atoms with van der Waals surface area (Å²) in [5.74, 6) is -0.680. The monoisotopic (exact) mass is 507 g/mol. The molecular weight excluding hydrogens is 473 g/mol. The molecule has 8 nitrogen and oxygen atoms in total. The molecule has 0 aliphatic carbocycles. The second-order valence-corrected chi connectivity index (χ2v) is 11.2. The van der Waals surface area contributed by atoms with Crippen LogP contribution in [0.5, 0.6) is 5.75 Å². The zero-order valence-corrected chi connectivity index (χ0v) is 21.5. The SMILES string of the molecule is CC(C)NC(=O)N(C)C[C@H]1Oc2cc(-c3ccccc3F)ccc2S(=O)(=O)N([C@H](C)CO)C[C@H]1C. The molecule has 0 bridgehead atoms. The first-order valence-electron chi connectivity index (χ1n) is 11.7. The summed E-state index contributed by atoms with van der Waals surface area (Å²) in [5.41, 5.74) is 0.786. The van der Waals surface area contributed by atoms with Crippen molar-refractivity contribution in [3.8, 4) is 16.9 Å². The number of carbonyl (C=O) groups is 1. The first-order chi connectivity index (χ1) is 16.4. The van der Waals surface area contributed by atoms with Gasteiger partial charge in [-0.3, -0.25) is 0 Å². The minimum atomic E-state index is -4.02. The summed E-state index contributed by atoms with van der Waals surface area (Å²) in [4.78, 5) is 13.9. The molecule has 2 aromatic rings. The third kappa shape index (κ3) is 5.94. The summed E-state index contributed by atoms with van der Waals surface area (Å²) >= 11 is 0. The number of aliphatic hydroxyl groups is 1. The Hall–Kier alpha value is -2.69. The van der Waals surface area contributed by atoms with Gasteiger partial charge in [-0.05, 0) is 44.5 Å². The van der Waals surface area contributed by atoms with Crippen LogP contribution in [0, 0.1) is 11.7 Å². The minimum absolute atomic E-state index is 0.0456. The fraction of sp³-hybridized carbons (Fsp3) is 0.480. The molecule has 1 heterocycles. The van der Waals surface area contributed by atoms with Crippen molar-refractivity contribution in [1.82, 2.24) is 14.5 Å². The Labute approximate surface area is 206 Å². The Morgan fingerprint density at radius 1 is 1.26 bits per heavy atom. The van der Waals surface area contributed by atoms with Crippen molar-refractivity contribution in [2.24, 2.45) is 5.92 Å². The van der Waals surface area contributed by atoms with E-state index < -0.39 is 28.0 Å². The second-order valence-electron chi connectivity index (χ2n) is 9.37. The van der Waals surface area contributed by atoms with E-state index in [2.05, 4.69) is 5.32 Å². The highest BCUT2D eigenvalue weighted by Gasteiger charge is 2.38. The number of urea groups is 1. The average Bonchev–Trinajstić information content (AvgIpc) is 2.80. The van der Waals surface area contributed by atoms with Crippen molar-refractivity contribution in [3.63, 3.8) is 0 Å². The van der Waals surface area contributed by atoms with Gasteiger partial charge < -0.3 is 20.1 Å². The maximum Gasteiger partial charge on any atom is 0.317 e. The Balaban J connectivity index is 2.09. The molecule has 0 spiro atoms. The number of nitrogens with one attached hydrogen (secondary N) is 1. The third-order valence-electron chi connectivity index (χ3n) is 6.06. The van der Waals surface area contributed by atoms with Gasteiger partial charge in [0, 0.05) is 37.2 Å². The molecule has 3 rings (SSSR count). The van der Waals surface area contributed by atoms with Crippen molar-refractivity contribution in [2.75, 3.05) is 26.7 Å². The lowest BCUT2D eigenvalue weighted by molar-refractivity contribution is 0.0810. The first kappa shape index (κ1) is 26.9. The van der Waals surface area contributed by atoms with Gasteiger partial charge in [-0.2, -0.15) is 4.31 Å². The van der Waals surface area contributed by atoms with E-state index >= 15 is 0 Å². The quantitative estimate of drug-likeness (QED) is 0.625. The number of ether oxygens (including phenoxy) is 1. The van der Waals surface area contributed by atoms with Gasteiger partial charge in [-0.1, -0.05) is 31.2 Å². The molecule has 35 heavy (non-hydrogen) atoms. The molecule has 2 aromatic carbocycles. The van der Waals surface area contributed by atoms with Crippen LogP contribution in [0.3, 0.4) is 0 Å². The lowest BCUT2D eigenvalue weighted by Crippen LogP contribution is -2.51. The maximum atomic E-state index is 14.5. The molecule has 2 amide bonds. The van der Waals surface area contributed by atoms with Gasteiger partial charge in [0.2, 0.25) is 10.0 Å². The maximum absolute atomic E-state index is 14.5. The highest BCUT2D eigenvalue weighted by atomic mass is 32.2. The molecule has 0 aromatic heterocycles. The van der Waals surface area contributed by atoms with Crippen LogP contribution in [0.25, 0.3) is 11.1 Å². The Bertz CT molecular complexity index is 1160. The van der Waals surface area contributed by atoms with Gasteiger partial charge in [0.05, 0.1) is 13.2 Å². The molecule has 2 N–H and O–H groups in total. The zero-order chi connectivity index (χ0) is 25.9. The van der Waals surface area contributed by atoms with Crippen molar-refractivity contribution < 1.29 is 27.4 Å². The van der Waals surface area contributed by atoms with Crippen LogP contribution in [0.2, 0.25) is 0 Å². The topological polar surface area (TPSA) is 99.2 Å². The van der Waals surface area contributed by atoms with E-state index in [1.54, 1.807) is 38.2 Å². The molecule has 0 radical (unpaired) electrons. The number of nitrogens with zero attached hydrogens (tertiary/aromatic N) is 2. The number of aliphatic hydroxyl groups excluding tert-OH is 1. The van der Waals surface area contributed by atoms with Gasteiger partial charge in [-0.15, -0.1) is 0 Å². The number of fused-ring (bicyclic) bond motifs is 1. The predicted molar refractivity (Wildman–Crippen MR) is 132 cm³/mol. The number of rotatable bonds is 6. The van der Waals surface area contributed by atoms with Crippen molar-refractivity contribution >= 4 is 16.1 Å². The minimum Gasteiger partial charge on any atom is -0.487 e. The lowest BCUT2D eigenvalue weighted by Gasteiger charge is -2.37. The third-order valence-corrected chi connectivity index (χ3v) is 8.08. The number of halogens is 1. The van der Waals surface area contributed by atoms with Crippen LogP contribution >= 0.6 is 0 Å². The fourth-order valence-corrected chi connectivity index (χ4v) is 5.84. The van der Waals surface area contributed by atoms with Gasteiger partial charge in [0.1, 0.15) is 22.6 Å². The largest absolute Gasteiger partial charge is 0.487 e. The van der Waals surface area contributed by atoms with E-state index in [-0.39, 0.29) is 48.3 Å². The molecule has 0 unspecified atom stereocenters. The molecule has 10 heteroatoms. The normalized spacial score (nSPS) is 20.8. The Kier molecular flexibility index (Phi) is 8.40. The van der Waals surface area contributed by atoms with Crippen LogP contribution in [0.15, 0.2) is 47.4 Å². The number of hydrogen-bond acceptors (Lipinski definition) is 5. The van der Waals surface area contributed by atoms with E-state index in [1.807, 2.05) is 20.8 Å². The molecule has 0 fully saturated rings. The molecule has 0 saturated carbocycles. The summed E-state index contributed by atoms with van der Waals surface area (Å²) in [6, 6.07) is 9.71. The zero-order valence-electron chi connectivity index (χ0n) is 20.7. The van der Waals surface area contributed by atoms with Crippen LogP contribution in [0.1, 0.15) is 27.7 Å². The summed E-state index contributed by atoms with van der Waals surface area (Å²) in [6.45, 7) is 7.15. The number of benzene rings is 2. The van der Waals surface area contributed by atoms with E-state index in [9.17, 15) is 22.7 Å².